The van der Waals surface area contributed by atoms with Gasteiger partial charge in [-0.3, -0.25) is 9.59 Å². The summed E-state index contributed by atoms with van der Waals surface area (Å²) >= 11 is 0. The van der Waals surface area contributed by atoms with Crippen LogP contribution in [0.5, 0.6) is 0 Å². The minimum absolute atomic E-state index is 0.184. The number of amides is 2. The van der Waals surface area contributed by atoms with Crippen LogP contribution in [0.4, 0.5) is 5.69 Å². The number of benzene rings is 1. The summed E-state index contributed by atoms with van der Waals surface area (Å²) in [7, 11) is 0. The minimum atomic E-state index is -0.521. The predicted octanol–water partition coefficient (Wildman–Crippen LogP) is 1.54. The van der Waals surface area contributed by atoms with Crippen LogP contribution in [0.3, 0.4) is 0 Å². The van der Waals surface area contributed by atoms with Gasteiger partial charge in [-0.15, -0.1) is 0 Å². The standard InChI is InChI=1S/C14H20N2O3/c1-3-5-13(18)9-15-14(19)11-6-4-7-12(8-11)16-10(2)17/h4,6-8,13,18H,3,5,9H2,1-2H3,(H,15,19)(H,16,17). The summed E-state index contributed by atoms with van der Waals surface area (Å²) < 4.78 is 0. The molecular weight excluding hydrogens is 244 g/mol. The van der Waals surface area contributed by atoms with Crippen molar-refractivity contribution in [2.24, 2.45) is 0 Å². The average molecular weight is 264 g/mol. The number of anilines is 1. The Hall–Kier alpha value is -1.88. The Bertz CT molecular complexity index is 446. The molecule has 1 atom stereocenters. The van der Waals surface area contributed by atoms with E-state index in [2.05, 4.69) is 10.6 Å². The molecule has 5 heteroatoms. The number of carbonyl (C=O) groups excluding carboxylic acids is 2. The Morgan fingerprint density at radius 1 is 1.37 bits per heavy atom. The van der Waals surface area contributed by atoms with Crippen LogP contribution in [0, 0.1) is 0 Å². The third-order valence-corrected chi connectivity index (χ3v) is 2.57. The van der Waals surface area contributed by atoms with E-state index in [-0.39, 0.29) is 18.4 Å². The second kappa shape index (κ2) is 7.53. The van der Waals surface area contributed by atoms with Gasteiger partial charge in [0.1, 0.15) is 0 Å². The molecule has 0 spiro atoms. The van der Waals surface area contributed by atoms with E-state index in [4.69, 9.17) is 0 Å². The second-order valence-electron chi connectivity index (χ2n) is 4.41. The van der Waals surface area contributed by atoms with E-state index in [0.717, 1.165) is 6.42 Å². The van der Waals surface area contributed by atoms with Crippen molar-refractivity contribution in [3.05, 3.63) is 29.8 Å². The first kappa shape index (κ1) is 15.2. The molecule has 5 nitrogen and oxygen atoms in total. The summed E-state index contributed by atoms with van der Waals surface area (Å²) in [6.45, 7) is 3.62. The van der Waals surface area contributed by atoms with Gasteiger partial charge in [-0.25, -0.2) is 0 Å². The summed E-state index contributed by atoms with van der Waals surface area (Å²) in [5, 5.41) is 14.8. The lowest BCUT2D eigenvalue weighted by Gasteiger charge is -2.11. The topological polar surface area (TPSA) is 78.4 Å². The Balaban J connectivity index is 2.59. The summed E-state index contributed by atoms with van der Waals surface area (Å²) in [4.78, 5) is 22.8. The number of hydrogen-bond donors (Lipinski definition) is 3. The van der Waals surface area contributed by atoms with E-state index in [1.165, 1.54) is 6.92 Å². The van der Waals surface area contributed by atoms with Gasteiger partial charge >= 0.3 is 0 Å². The van der Waals surface area contributed by atoms with E-state index in [1.807, 2.05) is 6.92 Å². The highest BCUT2D eigenvalue weighted by molar-refractivity contribution is 5.96. The molecule has 0 aromatic heterocycles. The quantitative estimate of drug-likeness (QED) is 0.729. The summed E-state index contributed by atoms with van der Waals surface area (Å²) in [5.41, 5.74) is 1.03. The molecule has 1 unspecified atom stereocenters. The third kappa shape index (κ3) is 5.52. The molecule has 0 radical (unpaired) electrons. The smallest absolute Gasteiger partial charge is 0.251 e. The first-order valence-electron chi connectivity index (χ1n) is 6.36. The highest BCUT2D eigenvalue weighted by Crippen LogP contribution is 2.10. The highest BCUT2D eigenvalue weighted by Gasteiger charge is 2.09. The van der Waals surface area contributed by atoms with Crippen molar-refractivity contribution < 1.29 is 14.7 Å². The number of aliphatic hydroxyl groups excluding tert-OH is 1. The van der Waals surface area contributed by atoms with Crippen molar-refractivity contribution in [3.63, 3.8) is 0 Å². The van der Waals surface area contributed by atoms with E-state index < -0.39 is 6.10 Å². The van der Waals surface area contributed by atoms with Crippen molar-refractivity contribution in [1.82, 2.24) is 5.32 Å². The summed E-state index contributed by atoms with van der Waals surface area (Å²) in [6.07, 6.45) is 1.01. The van der Waals surface area contributed by atoms with Gasteiger partial charge in [0.15, 0.2) is 0 Å². The van der Waals surface area contributed by atoms with Crippen LogP contribution in [0.1, 0.15) is 37.0 Å². The van der Waals surface area contributed by atoms with Gasteiger partial charge in [0.2, 0.25) is 5.91 Å². The zero-order chi connectivity index (χ0) is 14.3. The summed E-state index contributed by atoms with van der Waals surface area (Å²) in [6, 6.07) is 6.67. The lowest BCUT2D eigenvalue weighted by Crippen LogP contribution is -2.32. The fourth-order valence-electron chi connectivity index (χ4n) is 1.69. The second-order valence-corrected chi connectivity index (χ2v) is 4.41. The lowest BCUT2D eigenvalue weighted by molar-refractivity contribution is -0.114. The van der Waals surface area contributed by atoms with Gasteiger partial charge in [0.05, 0.1) is 6.10 Å². The van der Waals surface area contributed by atoms with Gasteiger partial charge in [0.25, 0.3) is 5.91 Å². The maximum atomic E-state index is 11.9. The third-order valence-electron chi connectivity index (χ3n) is 2.57. The van der Waals surface area contributed by atoms with Crippen LogP contribution in [0.2, 0.25) is 0 Å². The lowest BCUT2D eigenvalue weighted by atomic mass is 10.1. The molecule has 0 bridgehead atoms. The molecule has 19 heavy (non-hydrogen) atoms. The molecule has 3 N–H and O–H groups in total. The molecule has 1 aromatic rings. The monoisotopic (exact) mass is 264 g/mol. The molecule has 0 saturated heterocycles. The molecule has 0 fully saturated rings. The highest BCUT2D eigenvalue weighted by atomic mass is 16.3. The fraction of sp³-hybridized carbons (Fsp3) is 0.429. The fourth-order valence-corrected chi connectivity index (χ4v) is 1.69. The van der Waals surface area contributed by atoms with Crippen molar-refractivity contribution in [2.75, 3.05) is 11.9 Å². The Morgan fingerprint density at radius 2 is 2.11 bits per heavy atom. The number of nitrogens with one attached hydrogen (secondary N) is 2. The zero-order valence-corrected chi connectivity index (χ0v) is 11.3. The minimum Gasteiger partial charge on any atom is -0.391 e. The van der Waals surface area contributed by atoms with Crippen molar-refractivity contribution in [1.29, 1.82) is 0 Å². The average Bonchev–Trinajstić information content (AvgIpc) is 2.36. The van der Waals surface area contributed by atoms with Gasteiger partial charge in [-0.2, -0.15) is 0 Å². The van der Waals surface area contributed by atoms with Crippen LogP contribution < -0.4 is 10.6 Å². The largest absolute Gasteiger partial charge is 0.391 e. The number of aliphatic hydroxyl groups is 1. The van der Waals surface area contributed by atoms with Gasteiger partial charge in [0, 0.05) is 24.7 Å². The predicted molar refractivity (Wildman–Crippen MR) is 74.0 cm³/mol. The molecule has 104 valence electrons. The van der Waals surface area contributed by atoms with Gasteiger partial charge in [-0.1, -0.05) is 19.4 Å². The number of rotatable bonds is 6. The maximum absolute atomic E-state index is 11.9. The molecule has 1 rings (SSSR count). The number of carbonyl (C=O) groups is 2. The van der Waals surface area contributed by atoms with Crippen LogP contribution in [-0.2, 0) is 4.79 Å². The molecular formula is C14H20N2O3. The normalized spacial score (nSPS) is 11.7. The molecule has 0 aliphatic heterocycles. The maximum Gasteiger partial charge on any atom is 0.251 e. The van der Waals surface area contributed by atoms with Crippen LogP contribution in [0.15, 0.2) is 24.3 Å². The van der Waals surface area contributed by atoms with Gasteiger partial charge in [-0.05, 0) is 24.6 Å². The molecule has 0 aliphatic carbocycles. The molecule has 0 aliphatic rings. The summed E-state index contributed by atoms with van der Waals surface area (Å²) in [5.74, 6) is -0.446. The van der Waals surface area contributed by atoms with E-state index in [0.29, 0.717) is 17.7 Å². The molecule has 2 amide bonds. The van der Waals surface area contributed by atoms with E-state index in [9.17, 15) is 14.7 Å². The zero-order valence-electron chi connectivity index (χ0n) is 11.3. The van der Waals surface area contributed by atoms with Crippen molar-refractivity contribution in [2.45, 2.75) is 32.8 Å². The van der Waals surface area contributed by atoms with Crippen molar-refractivity contribution in [3.8, 4) is 0 Å². The van der Waals surface area contributed by atoms with E-state index in [1.54, 1.807) is 24.3 Å². The first-order chi connectivity index (χ1) is 9.02. The molecule has 0 heterocycles. The Kier molecular flexibility index (Phi) is 6.02. The van der Waals surface area contributed by atoms with Crippen LogP contribution in [-0.4, -0.2) is 29.6 Å². The Morgan fingerprint density at radius 3 is 2.74 bits per heavy atom. The molecule has 1 aromatic carbocycles. The van der Waals surface area contributed by atoms with E-state index >= 15 is 0 Å². The van der Waals surface area contributed by atoms with Crippen LogP contribution >= 0.6 is 0 Å². The number of hydrogen-bond acceptors (Lipinski definition) is 3. The first-order valence-corrected chi connectivity index (χ1v) is 6.36. The van der Waals surface area contributed by atoms with Crippen molar-refractivity contribution >= 4 is 17.5 Å². The SMILES string of the molecule is CCCC(O)CNC(=O)c1cccc(NC(C)=O)c1. The Labute approximate surface area is 113 Å². The molecule has 0 saturated carbocycles. The van der Waals surface area contributed by atoms with Gasteiger partial charge < -0.3 is 15.7 Å². The van der Waals surface area contributed by atoms with Crippen LogP contribution in [0.25, 0.3) is 0 Å².